The second-order valence-electron chi connectivity index (χ2n) is 5.60. The van der Waals surface area contributed by atoms with Gasteiger partial charge in [-0.25, -0.2) is 9.97 Å². The van der Waals surface area contributed by atoms with Crippen LogP contribution in [-0.2, 0) is 0 Å². The zero-order valence-corrected chi connectivity index (χ0v) is 17.1. The first-order valence-corrected chi connectivity index (χ1v) is 9.81. The Hall–Kier alpha value is -2.95. The molecule has 0 atom stereocenters. The third kappa shape index (κ3) is 4.14. The lowest BCUT2D eigenvalue weighted by Gasteiger charge is -2.14. The predicted octanol–water partition coefficient (Wildman–Crippen LogP) is 5.15. The number of ether oxygens (including phenoxy) is 2. The molecule has 0 unspecified atom stereocenters. The highest BCUT2D eigenvalue weighted by atomic mass is 35.5. The molecule has 1 heterocycles. The third-order valence-corrected chi connectivity index (χ3v) is 4.75. The Bertz CT molecular complexity index is 1040. The Morgan fingerprint density at radius 1 is 1.04 bits per heavy atom. The van der Waals surface area contributed by atoms with Crippen LogP contribution in [0.4, 0.5) is 11.5 Å². The molecule has 28 heavy (non-hydrogen) atoms. The summed E-state index contributed by atoms with van der Waals surface area (Å²) in [5.74, 6) is 1.58. The average Bonchev–Trinajstić information content (AvgIpc) is 2.74. The molecule has 8 heteroatoms. The molecule has 142 valence electrons. The fourth-order valence-corrected chi connectivity index (χ4v) is 3.08. The van der Waals surface area contributed by atoms with E-state index in [9.17, 15) is 5.26 Å². The summed E-state index contributed by atoms with van der Waals surface area (Å²) < 4.78 is 10.7. The van der Waals surface area contributed by atoms with Gasteiger partial charge in [-0.15, -0.1) is 0 Å². The standard InChI is InChI=1S/C20H17ClN4O2S/c1-26-16-9-4-12(10-17(16)27-2)18-15(11-22)19(25-20(24-18)28-3)23-14-7-5-13(21)6-8-14/h4-10H,1-3H3,(H,23,24,25). The summed E-state index contributed by atoms with van der Waals surface area (Å²) in [7, 11) is 3.14. The number of thioether (sulfide) groups is 1. The molecule has 2 aromatic carbocycles. The van der Waals surface area contributed by atoms with E-state index in [1.54, 1.807) is 38.5 Å². The lowest BCUT2D eigenvalue weighted by Crippen LogP contribution is -2.03. The number of nitrogens with one attached hydrogen (secondary N) is 1. The summed E-state index contributed by atoms with van der Waals surface area (Å²) in [6.07, 6.45) is 1.88. The predicted molar refractivity (Wildman–Crippen MR) is 112 cm³/mol. The highest BCUT2D eigenvalue weighted by molar-refractivity contribution is 7.98. The molecule has 0 amide bonds. The van der Waals surface area contributed by atoms with Gasteiger partial charge in [0.05, 0.1) is 19.9 Å². The van der Waals surface area contributed by atoms with E-state index in [0.29, 0.717) is 38.8 Å². The molecule has 0 spiro atoms. The lowest BCUT2D eigenvalue weighted by molar-refractivity contribution is 0.355. The summed E-state index contributed by atoms with van der Waals surface area (Å²) >= 11 is 7.34. The fraction of sp³-hybridized carbons (Fsp3) is 0.150. The first kappa shape index (κ1) is 19.8. The normalized spacial score (nSPS) is 10.2. The topological polar surface area (TPSA) is 80.1 Å². The van der Waals surface area contributed by atoms with Gasteiger partial charge in [-0.05, 0) is 48.7 Å². The Labute approximate surface area is 172 Å². The number of benzene rings is 2. The summed E-state index contributed by atoms with van der Waals surface area (Å²) in [6, 6.07) is 14.8. The van der Waals surface area contributed by atoms with Crippen LogP contribution >= 0.6 is 23.4 Å². The second kappa shape index (κ2) is 8.83. The van der Waals surface area contributed by atoms with Crippen molar-refractivity contribution < 1.29 is 9.47 Å². The van der Waals surface area contributed by atoms with E-state index in [1.165, 1.54) is 11.8 Å². The van der Waals surface area contributed by atoms with Crippen molar-refractivity contribution in [1.82, 2.24) is 9.97 Å². The van der Waals surface area contributed by atoms with Gasteiger partial charge in [0.25, 0.3) is 0 Å². The molecule has 0 aliphatic carbocycles. The number of nitriles is 1. The van der Waals surface area contributed by atoms with Crippen molar-refractivity contribution >= 4 is 34.9 Å². The van der Waals surface area contributed by atoms with Crippen LogP contribution in [0.5, 0.6) is 11.5 Å². The highest BCUT2D eigenvalue weighted by Crippen LogP contribution is 2.35. The van der Waals surface area contributed by atoms with Crippen molar-refractivity contribution in [1.29, 1.82) is 5.26 Å². The molecule has 0 bridgehead atoms. The molecular formula is C20H17ClN4O2S. The first-order chi connectivity index (χ1) is 13.6. The number of aromatic nitrogens is 2. The Kier molecular flexibility index (Phi) is 6.24. The van der Waals surface area contributed by atoms with Gasteiger partial charge < -0.3 is 14.8 Å². The van der Waals surface area contributed by atoms with Crippen LogP contribution in [0.2, 0.25) is 5.02 Å². The van der Waals surface area contributed by atoms with Crippen molar-refractivity contribution in [3.8, 4) is 28.8 Å². The van der Waals surface area contributed by atoms with Crippen LogP contribution < -0.4 is 14.8 Å². The van der Waals surface area contributed by atoms with Crippen LogP contribution in [0.15, 0.2) is 47.6 Å². The average molecular weight is 413 g/mol. The smallest absolute Gasteiger partial charge is 0.189 e. The number of hydrogen-bond donors (Lipinski definition) is 1. The van der Waals surface area contributed by atoms with Gasteiger partial charge in [-0.2, -0.15) is 5.26 Å². The van der Waals surface area contributed by atoms with Crippen LogP contribution in [0.1, 0.15) is 5.56 Å². The number of hydrogen-bond acceptors (Lipinski definition) is 7. The van der Waals surface area contributed by atoms with E-state index in [1.807, 2.05) is 24.5 Å². The maximum Gasteiger partial charge on any atom is 0.189 e. The van der Waals surface area contributed by atoms with E-state index in [-0.39, 0.29) is 0 Å². The SMILES string of the molecule is COc1ccc(-c2nc(SC)nc(Nc3ccc(Cl)cc3)c2C#N)cc1OC. The van der Waals surface area contributed by atoms with Gasteiger partial charge >= 0.3 is 0 Å². The molecule has 6 nitrogen and oxygen atoms in total. The van der Waals surface area contributed by atoms with Gasteiger partial charge in [0.1, 0.15) is 11.6 Å². The molecule has 1 N–H and O–H groups in total. The first-order valence-electron chi connectivity index (χ1n) is 8.20. The molecule has 3 aromatic rings. The monoisotopic (exact) mass is 412 g/mol. The van der Waals surface area contributed by atoms with Crippen molar-refractivity contribution in [2.75, 3.05) is 25.8 Å². The van der Waals surface area contributed by atoms with E-state index in [4.69, 9.17) is 21.1 Å². The van der Waals surface area contributed by atoms with Gasteiger partial charge in [0.15, 0.2) is 22.5 Å². The number of rotatable bonds is 6. The van der Waals surface area contributed by atoms with Crippen molar-refractivity contribution in [2.45, 2.75) is 5.16 Å². The van der Waals surface area contributed by atoms with Gasteiger partial charge in [0, 0.05) is 16.3 Å². The molecule has 0 fully saturated rings. The number of halogens is 1. The lowest BCUT2D eigenvalue weighted by atomic mass is 10.1. The molecule has 1 aromatic heterocycles. The molecular weight excluding hydrogens is 396 g/mol. The zero-order chi connectivity index (χ0) is 20.1. The molecule has 0 saturated heterocycles. The van der Waals surface area contributed by atoms with E-state index in [0.717, 1.165) is 11.3 Å². The van der Waals surface area contributed by atoms with Crippen LogP contribution in [0.25, 0.3) is 11.3 Å². The van der Waals surface area contributed by atoms with Crippen molar-refractivity contribution in [3.63, 3.8) is 0 Å². The van der Waals surface area contributed by atoms with Gasteiger partial charge in [-0.3, -0.25) is 0 Å². The van der Waals surface area contributed by atoms with E-state index >= 15 is 0 Å². The summed E-state index contributed by atoms with van der Waals surface area (Å²) in [5, 5.41) is 14.2. The van der Waals surface area contributed by atoms with Crippen molar-refractivity contribution in [3.05, 3.63) is 53.1 Å². The third-order valence-electron chi connectivity index (χ3n) is 3.95. The van der Waals surface area contributed by atoms with Gasteiger partial charge in [0.2, 0.25) is 0 Å². The van der Waals surface area contributed by atoms with Gasteiger partial charge in [-0.1, -0.05) is 23.4 Å². The number of nitrogens with zero attached hydrogens (tertiary/aromatic N) is 3. The Morgan fingerprint density at radius 2 is 1.75 bits per heavy atom. The van der Waals surface area contributed by atoms with E-state index in [2.05, 4.69) is 21.4 Å². The minimum atomic E-state index is 0.333. The summed E-state index contributed by atoms with van der Waals surface area (Å²) in [5.41, 5.74) is 2.34. The molecule has 0 aliphatic rings. The molecule has 0 aliphatic heterocycles. The Morgan fingerprint density at radius 3 is 2.36 bits per heavy atom. The Balaban J connectivity index is 2.13. The molecule has 3 rings (SSSR count). The molecule has 0 saturated carbocycles. The maximum absolute atomic E-state index is 9.82. The zero-order valence-electron chi connectivity index (χ0n) is 15.5. The van der Waals surface area contributed by atoms with Crippen molar-refractivity contribution in [2.24, 2.45) is 0 Å². The number of methoxy groups -OCH3 is 2. The minimum absolute atomic E-state index is 0.333. The number of anilines is 2. The molecule has 0 radical (unpaired) electrons. The van der Waals surface area contributed by atoms with Crippen LogP contribution in [0.3, 0.4) is 0 Å². The van der Waals surface area contributed by atoms with Crippen LogP contribution in [-0.4, -0.2) is 30.4 Å². The maximum atomic E-state index is 9.82. The second-order valence-corrected chi connectivity index (χ2v) is 6.81. The minimum Gasteiger partial charge on any atom is -0.493 e. The summed E-state index contributed by atoms with van der Waals surface area (Å²) in [6.45, 7) is 0. The van der Waals surface area contributed by atoms with Crippen LogP contribution in [0, 0.1) is 11.3 Å². The van der Waals surface area contributed by atoms with E-state index < -0.39 is 0 Å². The quantitative estimate of drug-likeness (QED) is 0.442. The summed E-state index contributed by atoms with van der Waals surface area (Å²) in [4.78, 5) is 9.02. The fourth-order valence-electron chi connectivity index (χ4n) is 2.59. The largest absolute Gasteiger partial charge is 0.493 e. The highest BCUT2D eigenvalue weighted by Gasteiger charge is 2.18.